The Morgan fingerprint density at radius 2 is 1.98 bits per heavy atom. The van der Waals surface area contributed by atoms with Crippen LogP contribution in [0.5, 0.6) is 0 Å². The quantitative estimate of drug-likeness (QED) is 0.145. The van der Waals surface area contributed by atoms with Crippen LogP contribution in [0.15, 0.2) is 30.5 Å². The highest BCUT2D eigenvalue weighted by Gasteiger charge is 2.32. The molecular formula is C33H45ClN10O5. The van der Waals surface area contributed by atoms with Crippen LogP contribution in [0, 0.1) is 16.7 Å². The number of carboxylic acid groups (broad SMARTS) is 1. The zero-order valence-electron chi connectivity index (χ0n) is 28.0. The number of ether oxygens (including phenoxy) is 3. The maximum atomic E-state index is 10.5. The molecule has 1 aliphatic heterocycles. The number of hydrogen-bond donors (Lipinski definition) is 4. The monoisotopic (exact) mass is 696 g/mol. The Balaban J connectivity index is 1.04. The Morgan fingerprint density at radius 3 is 2.73 bits per heavy atom. The average Bonchev–Trinajstić information content (AvgIpc) is 3.58. The second kappa shape index (κ2) is 17.5. The number of hydrogen-bond acceptors (Lipinski definition) is 13. The molecule has 0 amide bonds. The minimum Gasteiger partial charge on any atom is -0.450 e. The van der Waals surface area contributed by atoms with Crippen LogP contribution in [0.3, 0.4) is 0 Å². The molecule has 2 atom stereocenters. The van der Waals surface area contributed by atoms with E-state index >= 15 is 0 Å². The van der Waals surface area contributed by atoms with E-state index in [1.54, 1.807) is 6.20 Å². The molecule has 2 fully saturated rings. The lowest BCUT2D eigenvalue weighted by molar-refractivity contribution is 0.0455. The molecule has 4 N–H and O–H groups in total. The number of tetrazole rings is 1. The number of nitrogens with one attached hydrogen (secondary N) is 3. The minimum absolute atomic E-state index is 0.0683. The molecule has 0 bridgehead atoms. The molecule has 1 saturated heterocycles. The molecule has 1 saturated carbocycles. The topological polar surface area (TPSA) is 194 Å². The van der Waals surface area contributed by atoms with E-state index in [-0.39, 0.29) is 25.3 Å². The third-order valence-electron chi connectivity index (χ3n) is 9.00. The molecule has 0 spiro atoms. The number of nitrogens with zero attached hydrogens (tertiary/aromatic N) is 7. The standard InChI is InChI=1S/C33H45ClN10O5/c1-22(18-48-19-31-41-43-44(42-31)23(2)10-13-49-32(45)46)38-24-6-8-25(9-7-24)39-30-16-26(27(34)17-36-30)28-4-3-5-29(40-28)37-21-33(20-35)11-14-47-15-12-33/h3-5,16-17,22-25,38H,6-15,18-19,21H2,1-2H3,(H,36,39)(H,37,40)(H,45,46)/t22?,23-,24?,25?/m1/s1. The second-order valence-electron chi connectivity index (χ2n) is 12.9. The molecule has 0 radical (unpaired) electrons. The number of anilines is 2. The first-order valence-corrected chi connectivity index (χ1v) is 17.2. The van der Waals surface area contributed by atoms with Crippen molar-refractivity contribution < 1.29 is 24.1 Å². The van der Waals surface area contributed by atoms with Gasteiger partial charge in [0.25, 0.3) is 0 Å². The molecule has 16 heteroatoms. The molecule has 1 unspecified atom stereocenters. The van der Waals surface area contributed by atoms with Crippen molar-refractivity contribution in [3.8, 4) is 17.3 Å². The Labute approximate surface area is 291 Å². The maximum absolute atomic E-state index is 10.5. The highest BCUT2D eigenvalue weighted by molar-refractivity contribution is 6.33. The van der Waals surface area contributed by atoms with Gasteiger partial charge in [-0.25, -0.2) is 14.8 Å². The summed E-state index contributed by atoms with van der Waals surface area (Å²) in [4.78, 5) is 21.3. The summed E-state index contributed by atoms with van der Waals surface area (Å²) in [5.41, 5.74) is 1.08. The Hall–Kier alpha value is -4.10. The number of nitriles is 1. The van der Waals surface area contributed by atoms with Crippen LogP contribution in [-0.2, 0) is 20.8 Å². The van der Waals surface area contributed by atoms with Crippen LogP contribution in [0.2, 0.25) is 5.02 Å². The fraction of sp³-hybridized carbons (Fsp3) is 0.606. The second-order valence-corrected chi connectivity index (χ2v) is 13.3. The van der Waals surface area contributed by atoms with E-state index in [0.717, 1.165) is 42.8 Å². The van der Waals surface area contributed by atoms with E-state index < -0.39 is 11.6 Å². The van der Waals surface area contributed by atoms with Crippen molar-refractivity contribution in [3.05, 3.63) is 41.3 Å². The van der Waals surface area contributed by atoms with Gasteiger partial charge >= 0.3 is 6.16 Å². The zero-order valence-corrected chi connectivity index (χ0v) is 28.7. The summed E-state index contributed by atoms with van der Waals surface area (Å²) in [7, 11) is 0. The van der Waals surface area contributed by atoms with Gasteiger partial charge in [-0.2, -0.15) is 10.1 Å². The van der Waals surface area contributed by atoms with Crippen LogP contribution < -0.4 is 16.0 Å². The largest absolute Gasteiger partial charge is 0.505 e. The van der Waals surface area contributed by atoms with Crippen molar-refractivity contribution in [2.24, 2.45) is 5.41 Å². The summed E-state index contributed by atoms with van der Waals surface area (Å²) in [6.07, 6.45) is 6.26. The number of rotatable bonds is 16. The highest BCUT2D eigenvalue weighted by atomic mass is 35.5. The van der Waals surface area contributed by atoms with Crippen LogP contribution in [0.25, 0.3) is 11.3 Å². The molecule has 5 rings (SSSR count). The molecule has 264 valence electrons. The Kier molecular flexibility index (Phi) is 12.9. The number of aromatic nitrogens is 6. The van der Waals surface area contributed by atoms with Crippen molar-refractivity contribution in [1.82, 2.24) is 35.5 Å². The smallest absolute Gasteiger partial charge is 0.450 e. The molecule has 0 aromatic carbocycles. The summed E-state index contributed by atoms with van der Waals surface area (Å²) < 4.78 is 15.8. The highest BCUT2D eigenvalue weighted by Crippen LogP contribution is 2.32. The third-order valence-corrected chi connectivity index (χ3v) is 9.30. The van der Waals surface area contributed by atoms with Gasteiger partial charge in [0, 0.05) is 56.1 Å². The van der Waals surface area contributed by atoms with Gasteiger partial charge in [0.2, 0.25) is 0 Å². The van der Waals surface area contributed by atoms with Crippen LogP contribution >= 0.6 is 11.6 Å². The van der Waals surface area contributed by atoms with E-state index in [9.17, 15) is 10.1 Å². The third kappa shape index (κ3) is 10.7. The van der Waals surface area contributed by atoms with Gasteiger partial charge in [-0.05, 0) is 75.8 Å². The van der Waals surface area contributed by atoms with Crippen molar-refractivity contribution >= 4 is 29.4 Å². The number of halogens is 1. The van der Waals surface area contributed by atoms with E-state index in [1.165, 1.54) is 4.80 Å². The fourth-order valence-electron chi connectivity index (χ4n) is 6.07. The SMILES string of the molecule is CC(COCc1nnn([C@H](C)CCOC(=O)O)n1)NC1CCC(Nc2cc(-c3cccc(NCC4(C#N)CCOCC4)n3)c(Cl)cn2)CC1. The lowest BCUT2D eigenvalue weighted by atomic mass is 9.82. The molecule has 4 heterocycles. The first kappa shape index (κ1) is 36.2. The van der Waals surface area contributed by atoms with E-state index in [4.69, 9.17) is 31.2 Å². The molecule has 1 aliphatic carbocycles. The fourth-order valence-corrected chi connectivity index (χ4v) is 6.27. The van der Waals surface area contributed by atoms with Crippen LogP contribution in [0.1, 0.15) is 70.7 Å². The molecule has 3 aromatic rings. The van der Waals surface area contributed by atoms with Crippen molar-refractivity contribution in [2.75, 3.05) is 43.6 Å². The molecular weight excluding hydrogens is 652 g/mol. The Morgan fingerprint density at radius 1 is 1.20 bits per heavy atom. The van der Waals surface area contributed by atoms with Crippen LogP contribution in [0.4, 0.5) is 16.4 Å². The predicted octanol–water partition coefficient (Wildman–Crippen LogP) is 5.08. The number of carbonyl (C=O) groups is 1. The minimum atomic E-state index is -1.30. The molecule has 2 aliphatic rings. The van der Waals surface area contributed by atoms with E-state index in [1.807, 2.05) is 31.2 Å². The van der Waals surface area contributed by atoms with Gasteiger partial charge in [0.1, 0.15) is 18.2 Å². The molecule has 15 nitrogen and oxygen atoms in total. The van der Waals surface area contributed by atoms with Gasteiger partial charge in [0.05, 0.1) is 41.5 Å². The zero-order chi connectivity index (χ0) is 34.6. The summed E-state index contributed by atoms with van der Waals surface area (Å²) in [5, 5.41) is 42.0. The molecule has 49 heavy (non-hydrogen) atoms. The average molecular weight is 697 g/mol. The van der Waals surface area contributed by atoms with E-state index in [0.29, 0.717) is 74.4 Å². The van der Waals surface area contributed by atoms with Gasteiger partial charge in [-0.15, -0.1) is 10.2 Å². The summed E-state index contributed by atoms with van der Waals surface area (Å²) in [6.45, 7) is 6.50. The lowest BCUT2D eigenvalue weighted by Gasteiger charge is -2.32. The van der Waals surface area contributed by atoms with Crippen LogP contribution in [-0.4, -0.2) is 92.5 Å². The molecule has 3 aromatic heterocycles. The van der Waals surface area contributed by atoms with Crippen molar-refractivity contribution in [3.63, 3.8) is 0 Å². The summed E-state index contributed by atoms with van der Waals surface area (Å²) >= 11 is 6.59. The lowest BCUT2D eigenvalue weighted by Crippen LogP contribution is -2.43. The van der Waals surface area contributed by atoms with E-state index in [2.05, 4.69) is 54.1 Å². The van der Waals surface area contributed by atoms with Gasteiger partial charge in [0.15, 0.2) is 5.82 Å². The summed E-state index contributed by atoms with van der Waals surface area (Å²) in [6, 6.07) is 10.9. The number of pyridine rings is 2. The first-order valence-electron chi connectivity index (χ1n) is 16.8. The predicted molar refractivity (Wildman–Crippen MR) is 182 cm³/mol. The van der Waals surface area contributed by atoms with Gasteiger partial charge in [-0.3, -0.25) is 0 Å². The van der Waals surface area contributed by atoms with Gasteiger partial charge in [-0.1, -0.05) is 17.7 Å². The normalized spacial score (nSPS) is 20.1. The van der Waals surface area contributed by atoms with Crippen molar-refractivity contribution in [2.45, 2.75) is 89.6 Å². The maximum Gasteiger partial charge on any atom is 0.505 e. The van der Waals surface area contributed by atoms with Crippen molar-refractivity contribution in [1.29, 1.82) is 5.26 Å². The summed E-state index contributed by atoms with van der Waals surface area (Å²) in [5.74, 6) is 1.93. The first-order chi connectivity index (χ1) is 23.7. The van der Waals surface area contributed by atoms with Gasteiger partial charge < -0.3 is 35.3 Å². The Bertz CT molecular complexity index is 1550.